The summed E-state index contributed by atoms with van der Waals surface area (Å²) in [6, 6.07) is 8.55. The summed E-state index contributed by atoms with van der Waals surface area (Å²) in [4.78, 5) is 13.2. The lowest BCUT2D eigenvalue weighted by Crippen LogP contribution is -2.36. The molecule has 0 saturated carbocycles. The van der Waals surface area contributed by atoms with E-state index in [4.69, 9.17) is 9.94 Å². The van der Waals surface area contributed by atoms with E-state index in [1.807, 2.05) is 0 Å². The van der Waals surface area contributed by atoms with E-state index in [0.717, 1.165) is 64.2 Å². The van der Waals surface area contributed by atoms with Gasteiger partial charge in [0.25, 0.3) is 0 Å². The van der Waals surface area contributed by atoms with Gasteiger partial charge >= 0.3 is 0 Å². The minimum atomic E-state index is -0.302. The number of amides is 1. The van der Waals surface area contributed by atoms with Crippen LogP contribution in [0.3, 0.4) is 0 Å². The van der Waals surface area contributed by atoms with Gasteiger partial charge in [-0.1, -0.05) is 12.8 Å². The van der Waals surface area contributed by atoms with Gasteiger partial charge in [-0.25, -0.2) is 5.48 Å². The zero-order valence-electron chi connectivity index (χ0n) is 13.6. The number of hydroxylamine groups is 1. The van der Waals surface area contributed by atoms with Crippen molar-refractivity contribution in [3.05, 3.63) is 24.3 Å². The number of rotatable bonds is 9. The van der Waals surface area contributed by atoms with Gasteiger partial charge in [-0.3, -0.25) is 10.0 Å². The van der Waals surface area contributed by atoms with Crippen LogP contribution >= 0.6 is 0 Å². The lowest BCUT2D eigenvalue weighted by atomic mass is 10.1. The number of anilines is 2. The monoisotopic (exact) mass is 321 g/mol. The predicted octanol–water partition coefficient (Wildman–Crippen LogP) is 2.39. The molecule has 1 aliphatic heterocycles. The van der Waals surface area contributed by atoms with Crippen LogP contribution in [0, 0.1) is 0 Å². The molecule has 1 saturated heterocycles. The van der Waals surface area contributed by atoms with Crippen LogP contribution in [0.15, 0.2) is 24.3 Å². The van der Waals surface area contributed by atoms with E-state index >= 15 is 0 Å². The Balaban J connectivity index is 1.58. The molecule has 128 valence electrons. The minimum absolute atomic E-state index is 0.302. The first kappa shape index (κ1) is 17.6. The summed E-state index contributed by atoms with van der Waals surface area (Å²) >= 11 is 0. The van der Waals surface area contributed by atoms with E-state index in [0.29, 0.717) is 6.42 Å². The van der Waals surface area contributed by atoms with Crippen molar-refractivity contribution in [2.24, 2.45) is 0 Å². The van der Waals surface area contributed by atoms with Crippen LogP contribution in [0.2, 0.25) is 0 Å². The van der Waals surface area contributed by atoms with Gasteiger partial charge in [-0.15, -0.1) is 0 Å². The van der Waals surface area contributed by atoms with Crippen molar-refractivity contribution in [2.75, 3.05) is 43.1 Å². The van der Waals surface area contributed by atoms with Crippen LogP contribution < -0.4 is 15.7 Å². The van der Waals surface area contributed by atoms with Crippen molar-refractivity contribution >= 4 is 17.3 Å². The highest BCUT2D eigenvalue weighted by Gasteiger charge is 2.10. The summed E-state index contributed by atoms with van der Waals surface area (Å²) in [6.07, 6.45) is 4.38. The Bertz CT molecular complexity index is 459. The second kappa shape index (κ2) is 10.1. The Morgan fingerprint density at radius 2 is 1.78 bits per heavy atom. The maximum absolute atomic E-state index is 10.8. The molecule has 0 aliphatic carbocycles. The highest BCUT2D eigenvalue weighted by atomic mass is 16.5. The Hall–Kier alpha value is -1.79. The third kappa shape index (κ3) is 6.46. The number of ether oxygens (including phenoxy) is 1. The van der Waals surface area contributed by atoms with Crippen LogP contribution in [-0.4, -0.2) is 44.0 Å². The summed E-state index contributed by atoms with van der Waals surface area (Å²) in [5, 5.41) is 11.8. The first-order valence-electron chi connectivity index (χ1n) is 8.39. The van der Waals surface area contributed by atoms with Crippen molar-refractivity contribution in [1.29, 1.82) is 0 Å². The highest BCUT2D eigenvalue weighted by molar-refractivity contribution is 5.74. The van der Waals surface area contributed by atoms with Gasteiger partial charge in [0, 0.05) is 37.4 Å². The molecule has 1 aromatic carbocycles. The SMILES string of the molecule is O=C(CCCCCCNc1ccc(N2CCOCC2)cc1)NO. The molecule has 1 aliphatic rings. The average molecular weight is 321 g/mol. The van der Waals surface area contributed by atoms with Crippen LogP contribution in [0.4, 0.5) is 11.4 Å². The Morgan fingerprint density at radius 1 is 1.09 bits per heavy atom. The third-order valence-corrected chi connectivity index (χ3v) is 4.03. The number of nitrogens with one attached hydrogen (secondary N) is 2. The molecular weight excluding hydrogens is 294 g/mol. The molecule has 1 aromatic rings. The normalized spacial score (nSPS) is 14.6. The number of unbranched alkanes of at least 4 members (excludes halogenated alkanes) is 3. The van der Waals surface area contributed by atoms with Gasteiger partial charge in [0.1, 0.15) is 0 Å². The van der Waals surface area contributed by atoms with Gasteiger partial charge < -0.3 is 15.0 Å². The molecule has 1 amide bonds. The van der Waals surface area contributed by atoms with Crippen molar-refractivity contribution in [1.82, 2.24) is 5.48 Å². The number of carbonyl (C=O) groups excluding carboxylic acids is 1. The molecule has 6 nitrogen and oxygen atoms in total. The van der Waals surface area contributed by atoms with Crippen molar-refractivity contribution in [3.8, 4) is 0 Å². The molecule has 0 spiro atoms. The quantitative estimate of drug-likeness (QED) is 0.370. The number of nitrogens with zero attached hydrogens (tertiary/aromatic N) is 1. The second-order valence-corrected chi connectivity index (χ2v) is 5.77. The number of benzene rings is 1. The molecule has 0 atom stereocenters. The Labute approximate surface area is 137 Å². The third-order valence-electron chi connectivity index (χ3n) is 4.03. The number of carbonyl (C=O) groups is 1. The standard InChI is InChI=1S/C17H27N3O3/c21-17(19-22)5-3-1-2-4-10-18-15-6-8-16(9-7-15)20-11-13-23-14-12-20/h6-9,18,22H,1-5,10-14H2,(H,19,21). The van der Waals surface area contributed by atoms with Crippen molar-refractivity contribution in [3.63, 3.8) is 0 Å². The summed E-state index contributed by atoms with van der Waals surface area (Å²) in [6.45, 7) is 4.46. The van der Waals surface area contributed by atoms with Crippen molar-refractivity contribution in [2.45, 2.75) is 32.1 Å². The zero-order chi connectivity index (χ0) is 16.3. The smallest absolute Gasteiger partial charge is 0.243 e. The fourth-order valence-corrected chi connectivity index (χ4v) is 2.66. The van der Waals surface area contributed by atoms with Gasteiger partial charge in [-0.05, 0) is 37.1 Å². The maximum Gasteiger partial charge on any atom is 0.243 e. The van der Waals surface area contributed by atoms with Gasteiger partial charge in [0.2, 0.25) is 5.91 Å². The van der Waals surface area contributed by atoms with Crippen LogP contribution in [0.5, 0.6) is 0 Å². The molecule has 3 N–H and O–H groups in total. The zero-order valence-corrected chi connectivity index (χ0v) is 13.6. The summed E-state index contributed by atoms with van der Waals surface area (Å²) in [5.74, 6) is -0.302. The summed E-state index contributed by atoms with van der Waals surface area (Å²) in [5.41, 5.74) is 4.05. The minimum Gasteiger partial charge on any atom is -0.385 e. The number of hydrogen-bond donors (Lipinski definition) is 3. The molecule has 0 aromatic heterocycles. The van der Waals surface area contributed by atoms with Crippen LogP contribution in [0.25, 0.3) is 0 Å². The Morgan fingerprint density at radius 3 is 2.48 bits per heavy atom. The highest BCUT2D eigenvalue weighted by Crippen LogP contribution is 2.19. The van der Waals surface area contributed by atoms with E-state index in [-0.39, 0.29) is 5.91 Å². The number of hydrogen-bond acceptors (Lipinski definition) is 5. The van der Waals surface area contributed by atoms with Gasteiger partial charge in [-0.2, -0.15) is 0 Å². The largest absolute Gasteiger partial charge is 0.385 e. The molecule has 0 bridgehead atoms. The van der Waals surface area contributed by atoms with Gasteiger partial charge in [0.05, 0.1) is 13.2 Å². The van der Waals surface area contributed by atoms with E-state index in [2.05, 4.69) is 34.5 Å². The Kier molecular flexibility index (Phi) is 7.69. The van der Waals surface area contributed by atoms with Crippen molar-refractivity contribution < 1.29 is 14.7 Å². The predicted molar refractivity (Wildman–Crippen MR) is 91.0 cm³/mol. The fourth-order valence-electron chi connectivity index (χ4n) is 2.66. The average Bonchev–Trinajstić information content (AvgIpc) is 2.62. The fraction of sp³-hybridized carbons (Fsp3) is 0.588. The second-order valence-electron chi connectivity index (χ2n) is 5.77. The summed E-state index contributed by atoms with van der Waals surface area (Å²) < 4.78 is 5.37. The molecule has 6 heteroatoms. The first-order chi connectivity index (χ1) is 11.3. The molecular formula is C17H27N3O3. The molecule has 1 heterocycles. The van der Waals surface area contributed by atoms with E-state index in [9.17, 15) is 4.79 Å². The van der Waals surface area contributed by atoms with E-state index in [1.165, 1.54) is 5.69 Å². The number of morpholine rings is 1. The lowest BCUT2D eigenvalue weighted by Gasteiger charge is -2.28. The first-order valence-corrected chi connectivity index (χ1v) is 8.39. The van der Waals surface area contributed by atoms with E-state index < -0.39 is 0 Å². The molecule has 0 unspecified atom stereocenters. The molecule has 0 radical (unpaired) electrons. The lowest BCUT2D eigenvalue weighted by molar-refractivity contribution is -0.129. The summed E-state index contributed by atoms with van der Waals surface area (Å²) in [7, 11) is 0. The van der Waals surface area contributed by atoms with E-state index in [1.54, 1.807) is 5.48 Å². The topological polar surface area (TPSA) is 73.8 Å². The molecule has 23 heavy (non-hydrogen) atoms. The van der Waals surface area contributed by atoms with Crippen LogP contribution in [0.1, 0.15) is 32.1 Å². The van der Waals surface area contributed by atoms with Gasteiger partial charge in [0.15, 0.2) is 0 Å². The molecule has 2 rings (SSSR count). The van der Waals surface area contributed by atoms with Crippen LogP contribution in [-0.2, 0) is 9.53 Å². The molecule has 1 fully saturated rings. The maximum atomic E-state index is 10.8.